The van der Waals surface area contributed by atoms with Gasteiger partial charge in [-0.25, -0.2) is 0 Å². The van der Waals surface area contributed by atoms with Crippen molar-refractivity contribution in [1.29, 1.82) is 0 Å². The molecular formula is C22H23NO4. The molecule has 1 aromatic rings. The molecule has 5 aliphatic rings. The summed E-state index contributed by atoms with van der Waals surface area (Å²) in [7, 11) is 0. The number of benzene rings is 1. The fourth-order valence-corrected chi connectivity index (χ4v) is 5.57. The Labute approximate surface area is 158 Å². The number of likely N-dealkylation sites (tertiary alicyclic amines) is 1. The third-order valence-corrected chi connectivity index (χ3v) is 6.92. The van der Waals surface area contributed by atoms with E-state index in [0.29, 0.717) is 17.6 Å². The molecule has 1 saturated heterocycles. The average molecular weight is 365 g/mol. The molecule has 0 N–H and O–H groups in total. The van der Waals surface area contributed by atoms with E-state index in [9.17, 15) is 14.4 Å². The quantitative estimate of drug-likeness (QED) is 0.356. The first-order valence-electron chi connectivity index (χ1n) is 9.78. The molecule has 0 aromatic heterocycles. The molecule has 27 heavy (non-hydrogen) atoms. The van der Waals surface area contributed by atoms with Crippen LogP contribution in [0.15, 0.2) is 30.4 Å². The van der Waals surface area contributed by atoms with Crippen molar-refractivity contribution in [2.75, 3.05) is 6.54 Å². The maximum Gasteiger partial charge on any atom is 0.313 e. The van der Waals surface area contributed by atoms with Crippen molar-refractivity contribution in [3.05, 3.63) is 41.5 Å². The van der Waals surface area contributed by atoms with Crippen molar-refractivity contribution in [1.82, 2.24) is 4.90 Å². The topological polar surface area (TPSA) is 63.7 Å². The lowest BCUT2D eigenvalue weighted by Crippen LogP contribution is -2.40. The molecule has 5 heteroatoms. The van der Waals surface area contributed by atoms with E-state index in [1.54, 1.807) is 0 Å². The van der Waals surface area contributed by atoms with Crippen molar-refractivity contribution < 1.29 is 19.1 Å². The van der Waals surface area contributed by atoms with Crippen LogP contribution < -0.4 is 4.74 Å². The second-order valence-corrected chi connectivity index (χ2v) is 8.43. The van der Waals surface area contributed by atoms with Crippen molar-refractivity contribution in [2.45, 2.75) is 26.7 Å². The van der Waals surface area contributed by atoms with Crippen molar-refractivity contribution >= 4 is 17.8 Å². The zero-order valence-corrected chi connectivity index (χ0v) is 15.6. The Hall–Kier alpha value is -2.43. The van der Waals surface area contributed by atoms with E-state index in [-0.39, 0.29) is 48.5 Å². The van der Waals surface area contributed by atoms with Gasteiger partial charge in [0.05, 0.1) is 18.3 Å². The number of amides is 2. The van der Waals surface area contributed by atoms with Crippen LogP contribution in [-0.4, -0.2) is 29.2 Å². The number of hydrogen-bond acceptors (Lipinski definition) is 4. The van der Waals surface area contributed by atoms with Crippen LogP contribution in [0.2, 0.25) is 0 Å². The second kappa shape index (κ2) is 5.78. The summed E-state index contributed by atoms with van der Waals surface area (Å²) in [6.45, 7) is 3.90. The molecule has 1 heterocycles. The zero-order valence-electron chi connectivity index (χ0n) is 15.6. The summed E-state index contributed by atoms with van der Waals surface area (Å²) in [6, 6.07) is 5.70. The number of para-hydroxylation sites is 1. The number of hydrogen-bond donors (Lipinski definition) is 0. The Morgan fingerprint density at radius 3 is 2.15 bits per heavy atom. The van der Waals surface area contributed by atoms with Crippen LogP contribution >= 0.6 is 0 Å². The minimum Gasteiger partial charge on any atom is -0.426 e. The van der Waals surface area contributed by atoms with Crippen LogP contribution in [0.3, 0.4) is 0 Å². The molecule has 5 nitrogen and oxygen atoms in total. The largest absolute Gasteiger partial charge is 0.426 e. The fourth-order valence-electron chi connectivity index (χ4n) is 5.57. The van der Waals surface area contributed by atoms with Crippen molar-refractivity contribution in [3.8, 4) is 5.75 Å². The molecule has 2 saturated carbocycles. The molecule has 2 amide bonds. The van der Waals surface area contributed by atoms with E-state index in [1.807, 2.05) is 32.0 Å². The van der Waals surface area contributed by atoms with Gasteiger partial charge in [0.1, 0.15) is 5.75 Å². The van der Waals surface area contributed by atoms with E-state index >= 15 is 0 Å². The molecule has 3 fully saturated rings. The molecule has 0 unspecified atom stereocenters. The van der Waals surface area contributed by atoms with Gasteiger partial charge in [0.15, 0.2) is 0 Å². The first-order valence-corrected chi connectivity index (χ1v) is 9.78. The minimum atomic E-state index is -0.410. The zero-order chi connectivity index (χ0) is 18.9. The summed E-state index contributed by atoms with van der Waals surface area (Å²) < 4.78 is 5.50. The number of nitrogens with zero attached hydrogens (tertiary/aromatic N) is 1. The maximum absolute atomic E-state index is 12.9. The molecule has 6 atom stereocenters. The molecule has 4 aliphatic carbocycles. The SMILES string of the molecule is Cc1cccc(C)c1OC(=O)CCN1C(=O)[C@@H]2[C@H]3C=C[C@@H]([C@@H]4C[C@@H]34)[C@@H]2C1=O. The molecule has 140 valence electrons. The van der Waals surface area contributed by atoms with Gasteiger partial charge in [0.2, 0.25) is 11.8 Å². The van der Waals surface area contributed by atoms with Gasteiger partial charge in [-0.2, -0.15) is 0 Å². The number of allylic oxidation sites excluding steroid dienone is 2. The highest BCUT2D eigenvalue weighted by Gasteiger charge is 2.66. The molecule has 2 bridgehead atoms. The Morgan fingerprint density at radius 1 is 1.04 bits per heavy atom. The summed E-state index contributed by atoms with van der Waals surface area (Å²) >= 11 is 0. The van der Waals surface area contributed by atoms with Gasteiger partial charge in [0, 0.05) is 6.54 Å². The van der Waals surface area contributed by atoms with Gasteiger partial charge in [-0.3, -0.25) is 19.3 Å². The predicted octanol–water partition coefficient (Wildman–Crippen LogP) is 2.65. The van der Waals surface area contributed by atoms with Crippen LogP contribution in [0.5, 0.6) is 5.75 Å². The molecule has 0 radical (unpaired) electrons. The fraction of sp³-hybridized carbons (Fsp3) is 0.500. The molecule has 6 rings (SSSR count). The maximum atomic E-state index is 12.9. The number of carbonyl (C=O) groups is 3. The highest BCUT2D eigenvalue weighted by Crippen LogP contribution is 2.65. The van der Waals surface area contributed by atoms with Crippen LogP contribution in [0.4, 0.5) is 0 Å². The van der Waals surface area contributed by atoms with E-state index in [1.165, 1.54) is 4.90 Å². The summed E-state index contributed by atoms with van der Waals surface area (Å²) in [4.78, 5) is 39.4. The normalized spacial score (nSPS) is 35.3. The van der Waals surface area contributed by atoms with Crippen LogP contribution in [0.1, 0.15) is 24.0 Å². The van der Waals surface area contributed by atoms with E-state index < -0.39 is 5.97 Å². The smallest absolute Gasteiger partial charge is 0.313 e. The average Bonchev–Trinajstić information content (AvgIpc) is 3.42. The lowest BCUT2D eigenvalue weighted by Gasteiger charge is -2.37. The van der Waals surface area contributed by atoms with E-state index in [2.05, 4.69) is 12.2 Å². The summed E-state index contributed by atoms with van der Waals surface area (Å²) in [5.41, 5.74) is 1.79. The highest BCUT2D eigenvalue weighted by molar-refractivity contribution is 6.06. The third kappa shape index (κ3) is 2.40. The molecule has 1 aliphatic heterocycles. The lowest BCUT2D eigenvalue weighted by molar-refractivity contribution is -0.141. The summed E-state index contributed by atoms with van der Waals surface area (Å²) in [5, 5.41) is 0. The lowest BCUT2D eigenvalue weighted by atomic mass is 9.63. The third-order valence-electron chi connectivity index (χ3n) is 6.92. The Balaban J connectivity index is 1.26. The Morgan fingerprint density at radius 2 is 1.59 bits per heavy atom. The Kier molecular flexibility index (Phi) is 3.58. The summed E-state index contributed by atoms with van der Waals surface area (Å²) in [6.07, 6.45) is 5.49. The van der Waals surface area contributed by atoms with Gasteiger partial charge in [-0.05, 0) is 55.1 Å². The molecule has 0 spiro atoms. The number of imide groups is 1. The monoisotopic (exact) mass is 365 g/mol. The van der Waals surface area contributed by atoms with Crippen LogP contribution in [-0.2, 0) is 14.4 Å². The van der Waals surface area contributed by atoms with Crippen molar-refractivity contribution in [2.24, 2.45) is 35.5 Å². The highest BCUT2D eigenvalue weighted by atomic mass is 16.5. The van der Waals surface area contributed by atoms with Gasteiger partial charge in [0.25, 0.3) is 0 Å². The van der Waals surface area contributed by atoms with Crippen LogP contribution in [0, 0.1) is 49.4 Å². The first-order chi connectivity index (χ1) is 13.0. The predicted molar refractivity (Wildman–Crippen MR) is 97.6 cm³/mol. The van der Waals surface area contributed by atoms with E-state index in [0.717, 1.165) is 17.5 Å². The Bertz CT molecular complexity index is 832. The van der Waals surface area contributed by atoms with Gasteiger partial charge in [-0.15, -0.1) is 0 Å². The summed E-state index contributed by atoms with van der Waals surface area (Å²) in [5.74, 6) is 1.19. The van der Waals surface area contributed by atoms with Crippen LogP contribution in [0.25, 0.3) is 0 Å². The number of rotatable bonds is 4. The number of esters is 1. The number of ether oxygens (including phenoxy) is 1. The van der Waals surface area contributed by atoms with Crippen molar-refractivity contribution in [3.63, 3.8) is 0 Å². The van der Waals surface area contributed by atoms with Gasteiger partial charge < -0.3 is 4.74 Å². The first kappa shape index (κ1) is 16.7. The number of aryl methyl sites for hydroxylation is 2. The minimum absolute atomic E-state index is 0.0281. The van der Waals surface area contributed by atoms with E-state index in [4.69, 9.17) is 4.74 Å². The standard InChI is InChI=1S/C22H23NO4/c1-11-4-3-5-12(2)20(11)27-17(24)8-9-23-21(25)18-13-6-7-14(16-10-15(13)16)19(18)22(23)26/h3-7,13-16,18-19H,8-10H2,1-2H3/t13-,14-,15-,16-,18-,19+/m0/s1. The van der Waals surface area contributed by atoms with Gasteiger partial charge in [-0.1, -0.05) is 30.4 Å². The van der Waals surface area contributed by atoms with Gasteiger partial charge >= 0.3 is 5.97 Å². The molecular weight excluding hydrogens is 342 g/mol. The number of carbonyl (C=O) groups excluding carboxylic acids is 3. The molecule has 1 aromatic carbocycles. The second-order valence-electron chi connectivity index (χ2n) is 8.43.